The molecule has 0 bridgehead atoms. The Labute approximate surface area is 274 Å². The van der Waals surface area contributed by atoms with Crippen LogP contribution in [0.2, 0.25) is 0 Å². The van der Waals surface area contributed by atoms with Gasteiger partial charge in [0.2, 0.25) is 0 Å². The maximum Gasteiger partial charge on any atom is -0.147 e. The molecule has 42 heavy (non-hydrogen) atoms. The Morgan fingerprint density at radius 2 is 0.952 bits per heavy atom. The van der Waals surface area contributed by atoms with E-state index in [9.17, 15) is 0 Å². The zero-order chi connectivity index (χ0) is 29.1. The molecular weight excluding hydrogens is 647 g/mol. The molecule has 0 N–H and O–H groups in total. The minimum absolute atomic E-state index is 0. The minimum atomic E-state index is -3.31. The van der Waals surface area contributed by atoms with Crippen molar-refractivity contribution in [1.82, 2.24) is 0 Å². The Balaban J connectivity index is 0.00000242. The predicted octanol–water partition coefficient (Wildman–Crippen LogP) is 10.7. The van der Waals surface area contributed by atoms with E-state index >= 15 is 0 Å². The van der Waals surface area contributed by atoms with Crippen molar-refractivity contribution in [2.45, 2.75) is 100 Å². The number of fused-ring (bicyclic) bond motifs is 2. The van der Waals surface area contributed by atoms with Gasteiger partial charge in [-0.25, -0.2) is 0 Å². The number of benzene rings is 3. The van der Waals surface area contributed by atoms with E-state index in [1.165, 1.54) is 33.4 Å². The van der Waals surface area contributed by atoms with Crippen LogP contribution in [0.3, 0.4) is 0 Å². The molecule has 4 heteroatoms. The van der Waals surface area contributed by atoms with Gasteiger partial charge in [0.25, 0.3) is 0 Å². The van der Waals surface area contributed by atoms with Crippen LogP contribution in [0.25, 0.3) is 12.2 Å². The first-order valence-corrected chi connectivity index (χ1v) is 25.5. The fourth-order valence-corrected chi connectivity index (χ4v) is 28.2. The molecular formula is C38H51Cl2SiZr. The molecule has 2 aliphatic rings. The van der Waals surface area contributed by atoms with Crippen LogP contribution in [0, 0.1) is 0 Å². The summed E-state index contributed by atoms with van der Waals surface area (Å²) in [7, 11) is 0. The first-order chi connectivity index (χ1) is 18.9. The van der Waals surface area contributed by atoms with Crippen molar-refractivity contribution < 1.29 is 18.9 Å². The van der Waals surface area contributed by atoms with E-state index in [1.807, 2.05) is 0 Å². The predicted molar refractivity (Wildman–Crippen MR) is 191 cm³/mol. The van der Waals surface area contributed by atoms with Crippen LogP contribution in [0.15, 0.2) is 65.7 Å². The van der Waals surface area contributed by atoms with Crippen LogP contribution < -0.4 is 3.27 Å². The van der Waals surface area contributed by atoms with Crippen LogP contribution >= 0.6 is 24.8 Å². The molecule has 2 unspecified atom stereocenters. The summed E-state index contributed by atoms with van der Waals surface area (Å²) < 4.78 is 2.73. The fourth-order valence-electron chi connectivity index (χ4n) is 7.61. The molecule has 0 aliphatic heterocycles. The van der Waals surface area contributed by atoms with Gasteiger partial charge >= 0.3 is 252 Å². The monoisotopic (exact) mass is 695 g/mol. The number of hydrogen-bond donors (Lipinski definition) is 0. The molecule has 0 heterocycles. The summed E-state index contributed by atoms with van der Waals surface area (Å²) in [5.41, 5.74) is 15.6. The van der Waals surface area contributed by atoms with Gasteiger partial charge in [-0.05, 0) is 0 Å². The van der Waals surface area contributed by atoms with E-state index in [0.29, 0.717) is 30.9 Å². The maximum atomic E-state index is 2.62. The second kappa shape index (κ2) is 13.4. The average Bonchev–Trinajstić information content (AvgIpc) is 3.42. The SMILES string of the molecule is CC1=Cc2c(C(C)C)cc(C(C)C)cc2[CH]1[Zr](=[SiH2])([c]1ccccc1)[CH]1C(C)=Cc2c(C(C)C)cc(C(C)C)cc21.Cl.Cl. The van der Waals surface area contributed by atoms with Gasteiger partial charge in [-0.3, -0.25) is 0 Å². The van der Waals surface area contributed by atoms with Crippen LogP contribution in [-0.4, -0.2) is 6.88 Å². The van der Waals surface area contributed by atoms with E-state index in [4.69, 9.17) is 0 Å². The summed E-state index contributed by atoms with van der Waals surface area (Å²) in [5.74, 6) is 2.10. The van der Waals surface area contributed by atoms with Gasteiger partial charge < -0.3 is 0 Å². The topological polar surface area (TPSA) is 0 Å². The molecule has 2 aliphatic carbocycles. The number of hydrogen-bond acceptors (Lipinski definition) is 0. The zero-order valence-corrected chi connectivity index (χ0v) is 32.8. The summed E-state index contributed by atoms with van der Waals surface area (Å²) in [4.78, 5) is 0. The van der Waals surface area contributed by atoms with Crippen molar-refractivity contribution in [2.75, 3.05) is 0 Å². The van der Waals surface area contributed by atoms with Crippen molar-refractivity contribution >= 4 is 47.1 Å². The third-order valence-corrected chi connectivity index (χ3v) is 29.3. The Hall–Kier alpha value is -1.18. The fraction of sp³-hybridized carbons (Fsp3) is 0.421. The largest absolute Gasteiger partial charge is 0.147 e. The molecule has 0 spiro atoms. The van der Waals surface area contributed by atoms with Crippen molar-refractivity contribution in [1.29, 1.82) is 0 Å². The standard InChI is InChI=1S/2C16H21.C6H5.2ClH.H2Si.Zr/c2*1-10(2)13-8-14-6-12(5)7-16(14)15(9-13)11(3)4;1-2-4-6-5-3-1;;;;/h2*6-11H,1-5H3;1-5H;2*1H;1H2;. The molecule has 3 aromatic rings. The second-order valence-corrected chi connectivity index (χ2v) is 30.2. The van der Waals surface area contributed by atoms with E-state index < -0.39 is 18.9 Å². The molecule has 3 aromatic carbocycles. The molecule has 0 radical (unpaired) electrons. The minimum Gasteiger partial charge on any atom is -0.147 e. The molecule has 0 saturated heterocycles. The average molecular weight is 698 g/mol. The Bertz CT molecular complexity index is 1460. The number of halogens is 2. The molecule has 0 fully saturated rings. The van der Waals surface area contributed by atoms with Crippen LogP contribution in [0.5, 0.6) is 0 Å². The molecule has 5 rings (SSSR count). The maximum absolute atomic E-state index is 3.31. The van der Waals surface area contributed by atoms with Gasteiger partial charge in [0.1, 0.15) is 0 Å². The summed E-state index contributed by atoms with van der Waals surface area (Å²) >= 11 is -3.31. The summed E-state index contributed by atoms with van der Waals surface area (Å²) in [6, 6.07) is 22.0. The Morgan fingerprint density at radius 3 is 1.29 bits per heavy atom. The first-order valence-electron chi connectivity index (χ1n) is 15.5. The Morgan fingerprint density at radius 1 is 0.571 bits per heavy atom. The summed E-state index contributed by atoms with van der Waals surface area (Å²) in [5, 5.41) is 0. The summed E-state index contributed by atoms with van der Waals surface area (Å²) in [6.45, 7) is 26.3. The molecule has 2 atom stereocenters. The van der Waals surface area contributed by atoms with E-state index in [0.717, 1.165) is 0 Å². The van der Waals surface area contributed by atoms with Crippen molar-refractivity contribution in [3.8, 4) is 0 Å². The van der Waals surface area contributed by atoms with Gasteiger partial charge in [-0.2, -0.15) is 0 Å². The van der Waals surface area contributed by atoms with Crippen LogP contribution in [0.4, 0.5) is 0 Å². The number of rotatable bonds is 7. The van der Waals surface area contributed by atoms with Gasteiger partial charge in [0.05, 0.1) is 0 Å². The molecule has 225 valence electrons. The summed E-state index contributed by atoms with van der Waals surface area (Å²) in [6.07, 6.45) is 5.17. The van der Waals surface area contributed by atoms with Gasteiger partial charge in [-0.15, -0.1) is 24.8 Å². The van der Waals surface area contributed by atoms with Crippen LogP contribution in [-0.2, 0) is 18.9 Å². The Kier molecular flexibility index (Phi) is 11.3. The second-order valence-electron chi connectivity index (χ2n) is 13.9. The molecule has 0 saturated carbocycles. The van der Waals surface area contributed by atoms with E-state index in [-0.39, 0.29) is 24.8 Å². The van der Waals surface area contributed by atoms with Gasteiger partial charge in [0.15, 0.2) is 0 Å². The smallest absolute Gasteiger partial charge is 0.147 e. The van der Waals surface area contributed by atoms with Crippen molar-refractivity contribution in [3.63, 3.8) is 0 Å². The third kappa shape index (κ3) is 5.92. The van der Waals surface area contributed by atoms with Crippen molar-refractivity contribution in [2.24, 2.45) is 0 Å². The number of allylic oxidation sites excluding steroid dienone is 2. The molecule has 0 nitrogen and oxygen atoms in total. The van der Waals surface area contributed by atoms with Gasteiger partial charge in [0, 0.05) is 0 Å². The van der Waals surface area contributed by atoms with E-state index in [1.54, 1.807) is 25.5 Å². The zero-order valence-electron chi connectivity index (χ0n) is 27.3. The van der Waals surface area contributed by atoms with Gasteiger partial charge in [-0.1, -0.05) is 0 Å². The van der Waals surface area contributed by atoms with Crippen LogP contribution in [0.1, 0.15) is 145 Å². The first kappa shape index (κ1) is 35.3. The van der Waals surface area contributed by atoms with Crippen molar-refractivity contribution in [3.05, 3.63) is 110 Å². The normalized spacial score (nSPS) is 18.8. The molecule has 0 aromatic heterocycles. The quantitative estimate of drug-likeness (QED) is 0.216. The van der Waals surface area contributed by atoms with E-state index in [2.05, 4.69) is 143 Å². The third-order valence-electron chi connectivity index (χ3n) is 9.73. The molecule has 0 amide bonds.